The van der Waals surface area contributed by atoms with Gasteiger partial charge in [0.1, 0.15) is 11.6 Å². The SMILES string of the molecule is Cc1c(-c2cncc(OC(C)C)c2)nc(C2CC2)[nH]c1=O. The fraction of sp³-hybridized carbons (Fsp3) is 0.438. The maximum absolute atomic E-state index is 12.1. The van der Waals surface area contributed by atoms with E-state index in [1.165, 1.54) is 0 Å². The van der Waals surface area contributed by atoms with Gasteiger partial charge in [0.2, 0.25) is 0 Å². The van der Waals surface area contributed by atoms with E-state index in [0.29, 0.717) is 22.9 Å². The Labute approximate surface area is 123 Å². The van der Waals surface area contributed by atoms with E-state index in [4.69, 9.17) is 4.74 Å². The first-order valence-electron chi connectivity index (χ1n) is 7.27. The lowest BCUT2D eigenvalue weighted by Crippen LogP contribution is -2.15. The van der Waals surface area contributed by atoms with Crippen LogP contribution in [0.15, 0.2) is 23.3 Å². The van der Waals surface area contributed by atoms with Crippen LogP contribution in [0.25, 0.3) is 11.3 Å². The van der Waals surface area contributed by atoms with Crippen molar-refractivity contribution < 1.29 is 4.74 Å². The standard InChI is InChI=1S/C16H19N3O2/c1-9(2)21-13-6-12(7-17-8-13)14-10(3)16(20)19-15(18-14)11-4-5-11/h6-9,11H,4-5H2,1-3H3,(H,18,19,20). The van der Waals surface area contributed by atoms with Crippen LogP contribution in [0.5, 0.6) is 5.75 Å². The fourth-order valence-electron chi connectivity index (χ4n) is 2.27. The van der Waals surface area contributed by atoms with Crippen LogP contribution in [0.1, 0.15) is 44.0 Å². The molecule has 2 aromatic rings. The molecule has 3 rings (SSSR count). The number of pyridine rings is 1. The third-order valence-corrected chi connectivity index (χ3v) is 3.49. The van der Waals surface area contributed by atoms with Gasteiger partial charge in [0.05, 0.1) is 18.0 Å². The number of ether oxygens (including phenoxy) is 1. The quantitative estimate of drug-likeness (QED) is 0.938. The van der Waals surface area contributed by atoms with Crippen LogP contribution in [0.3, 0.4) is 0 Å². The number of aromatic nitrogens is 3. The summed E-state index contributed by atoms with van der Waals surface area (Å²) < 4.78 is 5.66. The average molecular weight is 285 g/mol. The highest BCUT2D eigenvalue weighted by atomic mass is 16.5. The minimum atomic E-state index is -0.0721. The molecule has 0 aromatic carbocycles. The highest BCUT2D eigenvalue weighted by Gasteiger charge is 2.27. The van der Waals surface area contributed by atoms with Crippen LogP contribution < -0.4 is 10.3 Å². The number of hydrogen-bond donors (Lipinski definition) is 1. The van der Waals surface area contributed by atoms with Gasteiger partial charge in [-0.2, -0.15) is 0 Å². The Morgan fingerprint density at radius 3 is 2.76 bits per heavy atom. The normalized spacial score (nSPS) is 14.5. The molecular weight excluding hydrogens is 266 g/mol. The Morgan fingerprint density at radius 2 is 2.10 bits per heavy atom. The first kappa shape index (κ1) is 13.8. The molecule has 0 unspecified atom stereocenters. The second kappa shape index (κ2) is 5.31. The van der Waals surface area contributed by atoms with Crippen LogP contribution in [-0.4, -0.2) is 21.1 Å². The number of hydrogen-bond acceptors (Lipinski definition) is 4. The van der Waals surface area contributed by atoms with E-state index >= 15 is 0 Å². The summed E-state index contributed by atoms with van der Waals surface area (Å²) in [6, 6.07) is 1.89. The number of H-pyrrole nitrogens is 1. The van der Waals surface area contributed by atoms with Crippen LogP contribution in [0, 0.1) is 6.92 Å². The summed E-state index contributed by atoms with van der Waals surface area (Å²) in [6.07, 6.45) is 5.67. The van der Waals surface area contributed by atoms with Crippen molar-refractivity contribution in [1.82, 2.24) is 15.0 Å². The molecule has 110 valence electrons. The van der Waals surface area contributed by atoms with Gasteiger partial charge in [-0.15, -0.1) is 0 Å². The number of nitrogens with one attached hydrogen (secondary N) is 1. The highest BCUT2D eigenvalue weighted by Crippen LogP contribution is 2.38. The van der Waals surface area contributed by atoms with Crippen LogP contribution >= 0.6 is 0 Å². The zero-order valence-corrected chi connectivity index (χ0v) is 12.5. The van der Waals surface area contributed by atoms with E-state index in [2.05, 4.69) is 15.0 Å². The minimum absolute atomic E-state index is 0.0721. The lowest BCUT2D eigenvalue weighted by Gasteiger charge is -2.11. The molecule has 1 aliphatic carbocycles. The van der Waals surface area contributed by atoms with Gasteiger partial charge in [0.25, 0.3) is 5.56 Å². The summed E-state index contributed by atoms with van der Waals surface area (Å²) >= 11 is 0. The summed E-state index contributed by atoms with van der Waals surface area (Å²) in [4.78, 5) is 23.8. The maximum Gasteiger partial charge on any atom is 0.254 e. The second-order valence-corrected chi connectivity index (χ2v) is 5.77. The summed E-state index contributed by atoms with van der Waals surface area (Å²) in [6.45, 7) is 5.72. The van der Waals surface area contributed by atoms with Crippen molar-refractivity contribution in [1.29, 1.82) is 0 Å². The molecule has 0 aliphatic heterocycles. The van der Waals surface area contributed by atoms with Crippen molar-refractivity contribution >= 4 is 0 Å². The number of rotatable bonds is 4. The molecule has 0 amide bonds. The molecule has 1 saturated carbocycles. The van der Waals surface area contributed by atoms with Crippen molar-refractivity contribution in [3.05, 3.63) is 40.2 Å². The van der Waals surface area contributed by atoms with Gasteiger partial charge in [0, 0.05) is 23.2 Å². The molecule has 0 spiro atoms. The first-order chi connectivity index (χ1) is 10.0. The summed E-state index contributed by atoms with van der Waals surface area (Å²) in [7, 11) is 0. The van der Waals surface area contributed by atoms with Gasteiger partial charge in [-0.25, -0.2) is 4.98 Å². The molecule has 2 aromatic heterocycles. The summed E-state index contributed by atoms with van der Waals surface area (Å²) in [5, 5.41) is 0. The Balaban J connectivity index is 2.05. The van der Waals surface area contributed by atoms with E-state index in [1.807, 2.05) is 19.9 Å². The largest absolute Gasteiger partial charge is 0.489 e. The molecule has 21 heavy (non-hydrogen) atoms. The van der Waals surface area contributed by atoms with E-state index in [0.717, 1.165) is 24.2 Å². The van der Waals surface area contributed by atoms with Crippen LogP contribution in [0.2, 0.25) is 0 Å². The predicted octanol–water partition coefficient (Wildman–Crippen LogP) is 2.80. The van der Waals surface area contributed by atoms with Crippen molar-refractivity contribution in [3.63, 3.8) is 0 Å². The van der Waals surface area contributed by atoms with Gasteiger partial charge in [-0.05, 0) is 39.7 Å². The molecular formula is C16H19N3O2. The molecule has 0 atom stereocenters. The Morgan fingerprint density at radius 1 is 1.33 bits per heavy atom. The molecule has 0 radical (unpaired) electrons. The van der Waals surface area contributed by atoms with Crippen molar-refractivity contribution in [2.45, 2.75) is 45.6 Å². The van der Waals surface area contributed by atoms with Crippen molar-refractivity contribution in [3.8, 4) is 17.0 Å². The molecule has 1 aliphatic rings. The van der Waals surface area contributed by atoms with Crippen molar-refractivity contribution in [2.75, 3.05) is 0 Å². The zero-order valence-electron chi connectivity index (χ0n) is 12.5. The molecule has 2 heterocycles. The van der Waals surface area contributed by atoms with Crippen LogP contribution in [-0.2, 0) is 0 Å². The first-order valence-corrected chi connectivity index (χ1v) is 7.27. The molecule has 1 fully saturated rings. The Hall–Kier alpha value is -2.17. The molecule has 1 N–H and O–H groups in total. The fourth-order valence-corrected chi connectivity index (χ4v) is 2.27. The van der Waals surface area contributed by atoms with Gasteiger partial charge < -0.3 is 9.72 Å². The Kier molecular flexibility index (Phi) is 3.49. The summed E-state index contributed by atoms with van der Waals surface area (Å²) in [5.41, 5.74) is 2.06. The third-order valence-electron chi connectivity index (χ3n) is 3.49. The lowest BCUT2D eigenvalue weighted by molar-refractivity contribution is 0.241. The summed E-state index contributed by atoms with van der Waals surface area (Å²) in [5.74, 6) is 1.88. The number of nitrogens with zero attached hydrogens (tertiary/aromatic N) is 2. The van der Waals surface area contributed by atoms with Gasteiger partial charge >= 0.3 is 0 Å². The maximum atomic E-state index is 12.1. The molecule has 0 saturated heterocycles. The third kappa shape index (κ3) is 2.96. The van der Waals surface area contributed by atoms with E-state index in [-0.39, 0.29) is 11.7 Å². The zero-order chi connectivity index (χ0) is 15.0. The molecule has 5 heteroatoms. The van der Waals surface area contributed by atoms with Gasteiger partial charge in [-0.3, -0.25) is 9.78 Å². The van der Waals surface area contributed by atoms with E-state index < -0.39 is 0 Å². The van der Waals surface area contributed by atoms with Gasteiger partial charge in [0.15, 0.2) is 0 Å². The second-order valence-electron chi connectivity index (χ2n) is 5.77. The van der Waals surface area contributed by atoms with Crippen LogP contribution in [0.4, 0.5) is 0 Å². The number of aromatic amines is 1. The van der Waals surface area contributed by atoms with Crippen molar-refractivity contribution in [2.24, 2.45) is 0 Å². The van der Waals surface area contributed by atoms with Gasteiger partial charge in [-0.1, -0.05) is 0 Å². The predicted molar refractivity (Wildman–Crippen MR) is 80.6 cm³/mol. The average Bonchev–Trinajstić information content (AvgIpc) is 3.25. The highest BCUT2D eigenvalue weighted by molar-refractivity contribution is 5.63. The Bertz CT molecular complexity index is 718. The lowest BCUT2D eigenvalue weighted by atomic mass is 10.1. The van der Waals surface area contributed by atoms with E-state index in [9.17, 15) is 4.79 Å². The minimum Gasteiger partial charge on any atom is -0.489 e. The molecule has 5 nitrogen and oxygen atoms in total. The molecule has 0 bridgehead atoms. The topological polar surface area (TPSA) is 67.9 Å². The monoisotopic (exact) mass is 285 g/mol. The smallest absolute Gasteiger partial charge is 0.254 e. The van der Waals surface area contributed by atoms with E-state index in [1.54, 1.807) is 19.3 Å².